The lowest BCUT2D eigenvalue weighted by molar-refractivity contribution is -0.139. The molecule has 0 fully saturated rings. The monoisotopic (exact) mass is 308 g/mol. The molecule has 0 aliphatic rings. The maximum absolute atomic E-state index is 11.4. The van der Waals surface area contributed by atoms with Crippen LogP contribution >= 0.6 is 11.3 Å². The first kappa shape index (κ1) is 14.2. The van der Waals surface area contributed by atoms with Crippen LogP contribution < -0.4 is 0 Å². The molecule has 0 unspecified atom stereocenters. The molecular weight excluding hydrogens is 296 g/mol. The summed E-state index contributed by atoms with van der Waals surface area (Å²) >= 11 is 1.57. The van der Waals surface area contributed by atoms with Crippen molar-refractivity contribution in [1.82, 2.24) is 4.98 Å². The van der Waals surface area contributed by atoms with E-state index < -0.39 is 0 Å². The van der Waals surface area contributed by atoms with Crippen LogP contribution in [0.25, 0.3) is 21.2 Å². The zero-order valence-electron chi connectivity index (χ0n) is 11.9. The van der Waals surface area contributed by atoms with E-state index in [4.69, 9.17) is 10.00 Å². The van der Waals surface area contributed by atoms with Gasteiger partial charge in [0.15, 0.2) is 0 Å². The Balaban J connectivity index is 2.05. The lowest BCUT2D eigenvalue weighted by atomic mass is 10.1. The Morgan fingerprint density at radius 2 is 2.09 bits per heavy atom. The Kier molecular flexibility index (Phi) is 3.86. The number of hydrogen-bond acceptors (Lipinski definition) is 5. The van der Waals surface area contributed by atoms with Gasteiger partial charge in [0.1, 0.15) is 0 Å². The van der Waals surface area contributed by atoms with Gasteiger partial charge in [0.25, 0.3) is 0 Å². The smallest absolute Gasteiger partial charge is 0.310 e. The maximum atomic E-state index is 11.4. The number of benzene rings is 1. The van der Waals surface area contributed by atoms with Crippen LogP contribution in [0.4, 0.5) is 0 Å². The second-order valence-corrected chi connectivity index (χ2v) is 5.90. The molecule has 2 heterocycles. The van der Waals surface area contributed by atoms with Gasteiger partial charge in [0.05, 0.1) is 25.2 Å². The zero-order chi connectivity index (χ0) is 15.5. The quantitative estimate of drug-likeness (QED) is 0.694. The maximum Gasteiger partial charge on any atom is 0.310 e. The summed E-state index contributed by atoms with van der Waals surface area (Å²) in [4.78, 5) is 16.6. The Morgan fingerprint density at radius 3 is 2.77 bits per heavy atom. The third kappa shape index (κ3) is 2.69. The van der Waals surface area contributed by atoms with Gasteiger partial charge in [0, 0.05) is 32.9 Å². The minimum Gasteiger partial charge on any atom is -0.469 e. The molecule has 22 heavy (non-hydrogen) atoms. The lowest BCUT2D eigenvalue weighted by Crippen LogP contribution is -2.02. The SMILES string of the molecule is COC(=O)Cc1cc2cncc(-c3ccc(C#N)cc3)c2s1. The molecule has 0 aliphatic carbocycles. The minimum absolute atomic E-state index is 0.251. The van der Waals surface area contributed by atoms with Crippen LogP contribution in [0.3, 0.4) is 0 Å². The molecule has 0 radical (unpaired) electrons. The summed E-state index contributed by atoms with van der Waals surface area (Å²) in [5, 5.41) is 9.88. The summed E-state index contributed by atoms with van der Waals surface area (Å²) in [6, 6.07) is 11.5. The number of fused-ring (bicyclic) bond motifs is 1. The number of carbonyl (C=O) groups excluding carboxylic acids is 1. The van der Waals surface area contributed by atoms with E-state index in [2.05, 4.69) is 11.1 Å². The molecule has 3 rings (SSSR count). The molecule has 0 amide bonds. The Labute approximate surface area is 131 Å². The van der Waals surface area contributed by atoms with Crippen molar-refractivity contribution in [2.45, 2.75) is 6.42 Å². The lowest BCUT2D eigenvalue weighted by Gasteiger charge is -2.02. The predicted octanol–water partition coefficient (Wildman–Crippen LogP) is 3.55. The molecule has 0 saturated carbocycles. The van der Waals surface area contributed by atoms with E-state index in [1.807, 2.05) is 24.4 Å². The van der Waals surface area contributed by atoms with Gasteiger partial charge >= 0.3 is 5.97 Å². The van der Waals surface area contributed by atoms with Crippen LogP contribution in [0.15, 0.2) is 42.7 Å². The van der Waals surface area contributed by atoms with Crippen molar-refractivity contribution in [3.05, 3.63) is 53.2 Å². The van der Waals surface area contributed by atoms with E-state index in [1.165, 1.54) is 7.11 Å². The summed E-state index contributed by atoms with van der Waals surface area (Å²) < 4.78 is 5.79. The number of thiophene rings is 1. The van der Waals surface area contributed by atoms with Crippen molar-refractivity contribution < 1.29 is 9.53 Å². The van der Waals surface area contributed by atoms with Gasteiger partial charge in [-0.05, 0) is 23.8 Å². The van der Waals surface area contributed by atoms with Crippen molar-refractivity contribution in [2.24, 2.45) is 0 Å². The van der Waals surface area contributed by atoms with E-state index in [9.17, 15) is 4.79 Å². The fraction of sp³-hybridized carbons (Fsp3) is 0.118. The molecule has 3 aromatic rings. The number of carbonyl (C=O) groups is 1. The van der Waals surface area contributed by atoms with Crippen molar-refractivity contribution in [3.8, 4) is 17.2 Å². The fourth-order valence-corrected chi connectivity index (χ4v) is 3.40. The summed E-state index contributed by atoms with van der Waals surface area (Å²) in [5.74, 6) is -0.251. The number of hydrogen-bond donors (Lipinski definition) is 0. The summed E-state index contributed by atoms with van der Waals surface area (Å²) in [5.41, 5.74) is 2.63. The van der Waals surface area contributed by atoms with Crippen LogP contribution in [0.5, 0.6) is 0 Å². The van der Waals surface area contributed by atoms with E-state index in [0.29, 0.717) is 5.56 Å². The fourth-order valence-electron chi connectivity index (χ4n) is 2.25. The van der Waals surface area contributed by atoms with Crippen LogP contribution in [0.1, 0.15) is 10.4 Å². The van der Waals surface area contributed by atoms with Gasteiger partial charge < -0.3 is 4.74 Å². The highest BCUT2D eigenvalue weighted by molar-refractivity contribution is 7.19. The third-order valence-corrected chi connectivity index (χ3v) is 4.53. The second kappa shape index (κ2) is 5.96. The average molecular weight is 308 g/mol. The second-order valence-electron chi connectivity index (χ2n) is 4.76. The van der Waals surface area contributed by atoms with Gasteiger partial charge in [-0.2, -0.15) is 5.26 Å². The number of ether oxygens (including phenoxy) is 1. The first-order chi connectivity index (χ1) is 10.7. The predicted molar refractivity (Wildman–Crippen MR) is 85.5 cm³/mol. The Bertz CT molecular complexity index is 876. The number of nitrogens with zero attached hydrogens (tertiary/aromatic N) is 2. The van der Waals surface area contributed by atoms with Crippen molar-refractivity contribution in [3.63, 3.8) is 0 Å². The van der Waals surface area contributed by atoms with E-state index in [-0.39, 0.29) is 12.4 Å². The molecule has 1 aromatic carbocycles. The molecule has 0 N–H and O–H groups in total. The van der Waals surface area contributed by atoms with E-state index in [0.717, 1.165) is 26.1 Å². The summed E-state index contributed by atoms with van der Waals surface area (Å²) in [7, 11) is 1.39. The van der Waals surface area contributed by atoms with Gasteiger partial charge in [-0.3, -0.25) is 9.78 Å². The Hall–Kier alpha value is -2.71. The van der Waals surface area contributed by atoms with E-state index >= 15 is 0 Å². The highest BCUT2D eigenvalue weighted by Gasteiger charge is 2.11. The number of nitriles is 1. The summed E-state index contributed by atoms with van der Waals surface area (Å²) in [6.45, 7) is 0. The van der Waals surface area contributed by atoms with Crippen molar-refractivity contribution >= 4 is 27.4 Å². The Morgan fingerprint density at radius 1 is 1.32 bits per heavy atom. The standard InChI is InChI=1S/C17H12N2O2S/c1-21-16(20)7-14-6-13-9-19-10-15(17(13)22-14)12-4-2-11(8-18)3-5-12/h2-6,9-10H,7H2,1H3. The zero-order valence-corrected chi connectivity index (χ0v) is 12.7. The highest BCUT2D eigenvalue weighted by atomic mass is 32.1. The van der Waals surface area contributed by atoms with E-state index in [1.54, 1.807) is 29.7 Å². The molecule has 0 saturated heterocycles. The number of rotatable bonds is 3. The number of aromatic nitrogens is 1. The molecule has 108 valence electrons. The van der Waals surface area contributed by atoms with Crippen molar-refractivity contribution in [2.75, 3.05) is 7.11 Å². The average Bonchev–Trinajstić information content (AvgIpc) is 2.97. The number of pyridine rings is 1. The molecule has 0 bridgehead atoms. The summed E-state index contributed by atoms with van der Waals surface area (Å²) in [6.07, 6.45) is 3.87. The molecule has 2 aromatic heterocycles. The molecule has 5 heteroatoms. The van der Waals surface area contributed by atoms with Crippen molar-refractivity contribution in [1.29, 1.82) is 5.26 Å². The third-order valence-electron chi connectivity index (χ3n) is 3.34. The topological polar surface area (TPSA) is 63.0 Å². The van der Waals surface area contributed by atoms with Gasteiger partial charge in [-0.25, -0.2) is 0 Å². The van der Waals surface area contributed by atoms with Crippen LogP contribution in [-0.4, -0.2) is 18.1 Å². The first-order valence-electron chi connectivity index (χ1n) is 6.65. The largest absolute Gasteiger partial charge is 0.469 e. The van der Waals surface area contributed by atoms with Crippen LogP contribution in [0, 0.1) is 11.3 Å². The number of esters is 1. The molecule has 4 nitrogen and oxygen atoms in total. The van der Waals surface area contributed by atoms with Gasteiger partial charge in [-0.1, -0.05) is 12.1 Å². The highest BCUT2D eigenvalue weighted by Crippen LogP contribution is 2.34. The molecule has 0 spiro atoms. The first-order valence-corrected chi connectivity index (χ1v) is 7.46. The molecule has 0 atom stereocenters. The molecule has 0 aliphatic heterocycles. The number of methoxy groups -OCH3 is 1. The molecular formula is C17H12N2O2S. The van der Waals surface area contributed by atoms with Crippen LogP contribution in [-0.2, 0) is 16.0 Å². The van der Waals surface area contributed by atoms with Gasteiger partial charge in [-0.15, -0.1) is 11.3 Å². The van der Waals surface area contributed by atoms with Gasteiger partial charge in [0.2, 0.25) is 0 Å². The normalized spacial score (nSPS) is 10.4. The van der Waals surface area contributed by atoms with Crippen LogP contribution in [0.2, 0.25) is 0 Å². The minimum atomic E-state index is -0.251.